The number of carbonyl (C=O) groups excluding carboxylic acids is 1. The molecule has 1 aromatic heterocycles. The van der Waals surface area contributed by atoms with Gasteiger partial charge in [0.1, 0.15) is 0 Å². The predicted octanol–water partition coefficient (Wildman–Crippen LogP) is 1.71. The Hall–Kier alpha value is -1.70. The summed E-state index contributed by atoms with van der Waals surface area (Å²) in [6.45, 7) is 2.63. The quantitative estimate of drug-likeness (QED) is 0.826. The lowest BCUT2D eigenvalue weighted by Crippen LogP contribution is -2.52. The second-order valence-electron chi connectivity index (χ2n) is 5.17. The van der Waals surface area contributed by atoms with Crippen LogP contribution in [0.15, 0.2) is 22.6 Å². The highest BCUT2D eigenvalue weighted by Crippen LogP contribution is 2.19. The lowest BCUT2D eigenvalue weighted by molar-refractivity contribution is -0.0667. The molecule has 0 saturated carbocycles. The molecule has 1 amide bonds. The van der Waals surface area contributed by atoms with Gasteiger partial charge < -0.3 is 24.1 Å². The van der Waals surface area contributed by atoms with E-state index in [1.165, 1.54) is 0 Å². The summed E-state index contributed by atoms with van der Waals surface area (Å²) in [6, 6.07) is 5.16. The largest absolute Gasteiger partial charge is 0.429 e. The van der Waals surface area contributed by atoms with Crippen molar-refractivity contribution in [3.63, 3.8) is 0 Å². The topological polar surface area (TPSA) is 78.7 Å². The van der Waals surface area contributed by atoms with Crippen molar-refractivity contribution in [1.82, 2.24) is 9.88 Å². The minimum atomic E-state index is -0.329. The molecule has 2 N–H and O–H groups in total. The normalized spacial score (nSPS) is 22.7. The molecule has 2 heterocycles. The van der Waals surface area contributed by atoms with Crippen molar-refractivity contribution in [2.45, 2.75) is 19.1 Å². The Labute approximate surface area is 126 Å². The molecular weight excluding hydrogens is 292 g/mol. The number of morpholine rings is 1. The van der Waals surface area contributed by atoms with Crippen LogP contribution in [0.3, 0.4) is 0 Å². The van der Waals surface area contributed by atoms with Gasteiger partial charge in [-0.05, 0) is 37.3 Å². The number of aromatic amines is 1. The number of nitrogens with one attached hydrogen (secondary N) is 1. The monoisotopic (exact) mass is 308 g/mol. The molecule has 1 saturated heterocycles. The molecule has 1 aromatic carbocycles. The van der Waals surface area contributed by atoms with Crippen molar-refractivity contribution < 1.29 is 19.1 Å². The van der Waals surface area contributed by atoms with E-state index in [2.05, 4.69) is 4.98 Å². The molecule has 2 aromatic rings. The maximum absolute atomic E-state index is 12.6. The van der Waals surface area contributed by atoms with Gasteiger partial charge in [0, 0.05) is 12.1 Å². The minimum Gasteiger partial charge on any atom is -0.429 e. The van der Waals surface area contributed by atoms with Gasteiger partial charge >= 0.3 is 0 Å². The first-order chi connectivity index (χ1) is 10.1. The molecule has 0 radical (unpaired) electrons. The summed E-state index contributed by atoms with van der Waals surface area (Å²) in [4.78, 5) is 17.5. The smallest absolute Gasteiger partial charge is 0.266 e. The molecule has 21 heavy (non-hydrogen) atoms. The molecule has 1 fully saturated rings. The number of benzene rings is 1. The van der Waals surface area contributed by atoms with E-state index in [9.17, 15) is 9.90 Å². The van der Waals surface area contributed by atoms with E-state index >= 15 is 0 Å². The molecule has 6 nitrogen and oxygen atoms in total. The van der Waals surface area contributed by atoms with Crippen LogP contribution in [0.4, 0.5) is 0 Å². The van der Waals surface area contributed by atoms with Gasteiger partial charge in [0.05, 0.1) is 30.9 Å². The molecule has 0 unspecified atom stereocenters. The summed E-state index contributed by atoms with van der Waals surface area (Å²) in [5, 5.41) is 9.20. The molecule has 0 aliphatic carbocycles. The Morgan fingerprint density at radius 2 is 2.38 bits per heavy atom. The van der Waals surface area contributed by atoms with E-state index in [4.69, 9.17) is 21.4 Å². The van der Waals surface area contributed by atoms with Crippen LogP contribution in [0.2, 0.25) is 0 Å². The average Bonchev–Trinajstić information content (AvgIpc) is 2.86. The van der Waals surface area contributed by atoms with Crippen LogP contribution in [0.1, 0.15) is 17.3 Å². The van der Waals surface area contributed by atoms with Crippen molar-refractivity contribution in [1.29, 1.82) is 0 Å². The fourth-order valence-electron chi connectivity index (χ4n) is 2.46. The van der Waals surface area contributed by atoms with Crippen LogP contribution in [0, 0.1) is 4.84 Å². The zero-order valence-electron chi connectivity index (χ0n) is 11.5. The number of nitrogens with zero attached hydrogens (tertiary/aromatic N) is 1. The Morgan fingerprint density at radius 1 is 1.57 bits per heavy atom. The molecule has 1 aliphatic heterocycles. The number of ether oxygens (including phenoxy) is 1. The summed E-state index contributed by atoms with van der Waals surface area (Å²) < 4.78 is 10.8. The molecule has 7 heteroatoms. The van der Waals surface area contributed by atoms with Gasteiger partial charge in [0.15, 0.2) is 5.58 Å². The van der Waals surface area contributed by atoms with E-state index in [0.29, 0.717) is 24.3 Å². The highest BCUT2D eigenvalue weighted by atomic mass is 32.1. The van der Waals surface area contributed by atoms with Crippen LogP contribution in [0.5, 0.6) is 0 Å². The van der Waals surface area contributed by atoms with Gasteiger partial charge in [-0.25, -0.2) is 0 Å². The predicted molar refractivity (Wildman–Crippen MR) is 78.7 cm³/mol. The first kappa shape index (κ1) is 14.2. The summed E-state index contributed by atoms with van der Waals surface area (Å²) in [6.07, 6.45) is -0.329. The summed E-state index contributed by atoms with van der Waals surface area (Å²) in [7, 11) is 0. The van der Waals surface area contributed by atoms with Gasteiger partial charge in [-0.3, -0.25) is 4.79 Å². The number of rotatable bonds is 2. The number of aliphatic hydroxyl groups excluding tert-OH is 1. The second kappa shape index (κ2) is 5.59. The fraction of sp³-hybridized carbons (Fsp3) is 0.429. The van der Waals surface area contributed by atoms with Crippen molar-refractivity contribution in [3.8, 4) is 0 Å². The highest BCUT2D eigenvalue weighted by molar-refractivity contribution is 7.71. The van der Waals surface area contributed by atoms with Gasteiger partial charge in [0.25, 0.3) is 10.7 Å². The number of aromatic nitrogens is 1. The van der Waals surface area contributed by atoms with E-state index in [-0.39, 0.29) is 29.5 Å². The van der Waals surface area contributed by atoms with Gasteiger partial charge in [-0.2, -0.15) is 0 Å². The summed E-state index contributed by atoms with van der Waals surface area (Å²) >= 11 is 4.94. The van der Waals surface area contributed by atoms with Crippen LogP contribution in [-0.2, 0) is 4.74 Å². The number of fused-ring (bicyclic) bond motifs is 1. The van der Waals surface area contributed by atoms with Gasteiger partial charge in [-0.15, -0.1) is 0 Å². The molecular formula is C14H16N2O4S. The van der Waals surface area contributed by atoms with E-state index < -0.39 is 0 Å². The number of carbonyl (C=O) groups is 1. The third kappa shape index (κ3) is 2.72. The molecule has 0 spiro atoms. The van der Waals surface area contributed by atoms with Gasteiger partial charge in [0.2, 0.25) is 0 Å². The minimum absolute atomic E-state index is 0.0336. The standard InChI is InChI=1S/C14H16N2O4S/c1-8-7-19-10(6-17)5-16(8)13(18)9-2-3-11-12(4-9)20-14(21)15-11/h2-4,8,10,17H,5-7H2,1H3,(H,15,21)/t8-,10+/m1/s1. The Kier molecular flexibility index (Phi) is 3.79. The van der Waals surface area contributed by atoms with Crippen molar-refractivity contribution >= 4 is 29.2 Å². The number of aliphatic hydroxyl groups is 1. The third-order valence-corrected chi connectivity index (χ3v) is 3.82. The first-order valence-corrected chi connectivity index (χ1v) is 7.15. The van der Waals surface area contributed by atoms with Crippen molar-refractivity contribution in [2.75, 3.05) is 19.8 Å². The zero-order valence-corrected chi connectivity index (χ0v) is 12.4. The number of amides is 1. The molecule has 0 bridgehead atoms. The fourth-order valence-corrected chi connectivity index (χ4v) is 2.65. The number of oxazole rings is 1. The Balaban J connectivity index is 1.89. The van der Waals surface area contributed by atoms with Crippen molar-refractivity contribution in [2.24, 2.45) is 0 Å². The van der Waals surface area contributed by atoms with Gasteiger partial charge in [-0.1, -0.05) is 0 Å². The van der Waals surface area contributed by atoms with Crippen LogP contribution >= 0.6 is 12.2 Å². The molecule has 1 aliphatic rings. The van der Waals surface area contributed by atoms with Crippen LogP contribution < -0.4 is 0 Å². The average molecular weight is 308 g/mol. The highest BCUT2D eigenvalue weighted by Gasteiger charge is 2.30. The maximum Gasteiger partial charge on any atom is 0.266 e. The first-order valence-electron chi connectivity index (χ1n) is 6.75. The number of hydrogen-bond donors (Lipinski definition) is 2. The van der Waals surface area contributed by atoms with Crippen LogP contribution in [0.25, 0.3) is 11.1 Å². The third-order valence-electron chi connectivity index (χ3n) is 3.64. The van der Waals surface area contributed by atoms with E-state index in [0.717, 1.165) is 5.52 Å². The Bertz CT molecular complexity index is 723. The molecule has 112 valence electrons. The summed E-state index contributed by atoms with van der Waals surface area (Å²) in [5.41, 5.74) is 1.86. The molecule has 3 rings (SSSR count). The zero-order chi connectivity index (χ0) is 15.0. The lowest BCUT2D eigenvalue weighted by Gasteiger charge is -2.37. The second-order valence-corrected chi connectivity index (χ2v) is 5.54. The number of hydrogen-bond acceptors (Lipinski definition) is 5. The SMILES string of the molecule is C[C@@H]1CO[C@H](CO)CN1C(=O)c1ccc2[nH]c(=S)oc2c1. The lowest BCUT2D eigenvalue weighted by atomic mass is 10.1. The Morgan fingerprint density at radius 3 is 3.14 bits per heavy atom. The summed E-state index contributed by atoms with van der Waals surface area (Å²) in [5.74, 6) is -0.103. The van der Waals surface area contributed by atoms with Crippen molar-refractivity contribution in [3.05, 3.63) is 28.6 Å². The molecule has 2 atom stereocenters. The van der Waals surface area contributed by atoms with E-state index in [1.54, 1.807) is 23.1 Å². The van der Waals surface area contributed by atoms with E-state index in [1.807, 2.05) is 6.92 Å². The van der Waals surface area contributed by atoms with Crippen LogP contribution in [-0.4, -0.2) is 52.8 Å². The number of H-pyrrole nitrogens is 1. The maximum atomic E-state index is 12.6.